The summed E-state index contributed by atoms with van der Waals surface area (Å²) in [6, 6.07) is 0. The summed E-state index contributed by atoms with van der Waals surface area (Å²) in [6.07, 6.45) is 3.45. The molecule has 5 heteroatoms. The van der Waals surface area contributed by atoms with Crippen LogP contribution in [-0.2, 0) is 19.1 Å². The van der Waals surface area contributed by atoms with Gasteiger partial charge in [0.05, 0.1) is 0 Å². The molecule has 0 atom stereocenters. The average Bonchev–Trinajstić information content (AvgIpc) is 2.42. The normalized spacial score (nSPS) is 17.5. The van der Waals surface area contributed by atoms with Gasteiger partial charge in [0.1, 0.15) is 11.2 Å². The molecule has 0 unspecified atom stereocenters. The Bertz CT molecular complexity index is 411. The van der Waals surface area contributed by atoms with Gasteiger partial charge in [-0.05, 0) is 93.2 Å². The SMILES string of the molecule is CC(C)(C)OC(=O)C(C)(CCC1CCNCC1)C(=O)OC(C)(C)C. The van der Waals surface area contributed by atoms with Gasteiger partial charge in [-0.25, -0.2) is 0 Å². The van der Waals surface area contributed by atoms with Crippen LogP contribution in [0.4, 0.5) is 0 Å². The molecule has 1 saturated heterocycles. The highest BCUT2D eigenvalue weighted by Gasteiger charge is 2.47. The van der Waals surface area contributed by atoms with Crippen molar-refractivity contribution in [3.8, 4) is 0 Å². The van der Waals surface area contributed by atoms with Crippen molar-refractivity contribution in [3.63, 3.8) is 0 Å². The van der Waals surface area contributed by atoms with E-state index in [1.54, 1.807) is 6.92 Å². The molecule has 0 radical (unpaired) electrons. The third-order valence-corrected chi connectivity index (χ3v) is 4.21. The lowest BCUT2D eigenvalue weighted by atomic mass is 9.80. The van der Waals surface area contributed by atoms with Crippen molar-refractivity contribution < 1.29 is 19.1 Å². The molecule has 0 spiro atoms. The van der Waals surface area contributed by atoms with Gasteiger partial charge in [-0.15, -0.1) is 0 Å². The van der Waals surface area contributed by atoms with E-state index in [2.05, 4.69) is 5.32 Å². The Morgan fingerprint density at radius 3 is 1.67 bits per heavy atom. The van der Waals surface area contributed by atoms with E-state index >= 15 is 0 Å². The number of esters is 2. The summed E-state index contributed by atoms with van der Waals surface area (Å²) in [7, 11) is 0. The molecular formula is C19H35NO4. The molecule has 24 heavy (non-hydrogen) atoms. The predicted octanol–water partition coefficient (Wildman–Crippen LogP) is 3.46. The fourth-order valence-corrected chi connectivity index (χ4v) is 2.73. The Balaban J connectivity index is 2.87. The first kappa shape index (κ1) is 20.9. The summed E-state index contributed by atoms with van der Waals surface area (Å²) in [4.78, 5) is 25.5. The van der Waals surface area contributed by atoms with E-state index < -0.39 is 28.6 Å². The third-order valence-electron chi connectivity index (χ3n) is 4.21. The largest absolute Gasteiger partial charge is 0.459 e. The molecule has 0 saturated carbocycles. The van der Waals surface area contributed by atoms with Crippen LogP contribution < -0.4 is 5.32 Å². The Morgan fingerprint density at radius 1 is 0.875 bits per heavy atom. The van der Waals surface area contributed by atoms with Gasteiger partial charge in [0.15, 0.2) is 5.41 Å². The van der Waals surface area contributed by atoms with Crippen LogP contribution in [0, 0.1) is 11.3 Å². The molecule has 1 fully saturated rings. The topological polar surface area (TPSA) is 64.6 Å². The van der Waals surface area contributed by atoms with Crippen molar-refractivity contribution in [1.82, 2.24) is 5.32 Å². The number of nitrogens with one attached hydrogen (secondary N) is 1. The van der Waals surface area contributed by atoms with E-state index in [1.165, 1.54) is 0 Å². The minimum absolute atomic E-state index is 0.460. The number of ether oxygens (including phenoxy) is 2. The van der Waals surface area contributed by atoms with E-state index in [9.17, 15) is 9.59 Å². The van der Waals surface area contributed by atoms with Crippen LogP contribution in [0.1, 0.15) is 74.1 Å². The summed E-state index contributed by atoms with van der Waals surface area (Å²) >= 11 is 0. The van der Waals surface area contributed by atoms with Crippen molar-refractivity contribution in [1.29, 1.82) is 0 Å². The van der Waals surface area contributed by atoms with Gasteiger partial charge < -0.3 is 14.8 Å². The first-order chi connectivity index (χ1) is 10.8. The van der Waals surface area contributed by atoms with Crippen molar-refractivity contribution in [2.45, 2.75) is 85.4 Å². The molecule has 5 nitrogen and oxygen atoms in total. The van der Waals surface area contributed by atoms with Gasteiger partial charge >= 0.3 is 11.9 Å². The van der Waals surface area contributed by atoms with E-state index in [4.69, 9.17) is 9.47 Å². The molecule has 0 bridgehead atoms. The smallest absolute Gasteiger partial charge is 0.323 e. The molecule has 0 aromatic rings. The van der Waals surface area contributed by atoms with Gasteiger partial charge in [0.2, 0.25) is 0 Å². The molecule has 1 N–H and O–H groups in total. The molecule has 1 aliphatic heterocycles. The highest BCUT2D eigenvalue weighted by Crippen LogP contribution is 2.34. The zero-order chi connectivity index (χ0) is 18.6. The second kappa shape index (κ2) is 7.85. The molecule has 0 amide bonds. The average molecular weight is 341 g/mol. The number of piperidine rings is 1. The second-order valence-electron chi connectivity index (χ2n) is 9.07. The predicted molar refractivity (Wildman–Crippen MR) is 94.6 cm³/mol. The Morgan fingerprint density at radius 2 is 1.29 bits per heavy atom. The van der Waals surface area contributed by atoms with Gasteiger partial charge in [-0.3, -0.25) is 9.59 Å². The molecule has 0 aliphatic carbocycles. The Labute approximate surface area is 146 Å². The highest BCUT2D eigenvalue weighted by atomic mass is 16.6. The first-order valence-electron chi connectivity index (χ1n) is 9.01. The van der Waals surface area contributed by atoms with E-state index in [1.807, 2.05) is 41.5 Å². The maximum Gasteiger partial charge on any atom is 0.323 e. The van der Waals surface area contributed by atoms with Crippen LogP contribution >= 0.6 is 0 Å². The fraction of sp³-hybridized carbons (Fsp3) is 0.895. The Kier molecular flexibility index (Phi) is 6.85. The van der Waals surface area contributed by atoms with Gasteiger partial charge in [0.25, 0.3) is 0 Å². The van der Waals surface area contributed by atoms with Crippen LogP contribution in [-0.4, -0.2) is 36.2 Å². The summed E-state index contributed by atoms with van der Waals surface area (Å²) in [5.74, 6) is -0.438. The first-order valence-corrected chi connectivity index (χ1v) is 9.01. The van der Waals surface area contributed by atoms with Crippen molar-refractivity contribution >= 4 is 11.9 Å². The Hall–Kier alpha value is -1.10. The summed E-state index contributed by atoms with van der Waals surface area (Å²) < 4.78 is 11.1. The lowest BCUT2D eigenvalue weighted by Crippen LogP contribution is -2.45. The number of hydrogen-bond donors (Lipinski definition) is 1. The third kappa shape index (κ3) is 6.80. The molecular weight excluding hydrogens is 306 g/mol. The highest BCUT2D eigenvalue weighted by molar-refractivity contribution is 5.99. The minimum atomic E-state index is -1.26. The van der Waals surface area contributed by atoms with Crippen LogP contribution in [0.2, 0.25) is 0 Å². The zero-order valence-corrected chi connectivity index (χ0v) is 16.5. The number of rotatable bonds is 5. The van der Waals surface area contributed by atoms with Crippen molar-refractivity contribution in [2.24, 2.45) is 11.3 Å². The molecule has 140 valence electrons. The summed E-state index contributed by atoms with van der Waals surface area (Å²) in [5, 5.41) is 3.34. The minimum Gasteiger partial charge on any atom is -0.459 e. The maximum atomic E-state index is 12.7. The van der Waals surface area contributed by atoms with Gasteiger partial charge in [0, 0.05) is 0 Å². The maximum absolute atomic E-state index is 12.7. The van der Waals surface area contributed by atoms with Crippen molar-refractivity contribution in [3.05, 3.63) is 0 Å². The standard InChI is InChI=1S/C19H35NO4/c1-17(2,3)23-15(21)19(7,16(22)24-18(4,5)6)11-8-14-9-12-20-13-10-14/h14,20H,8-13H2,1-7H3. The summed E-state index contributed by atoms with van der Waals surface area (Å²) in [6.45, 7) is 14.5. The van der Waals surface area contributed by atoms with Crippen LogP contribution in [0.3, 0.4) is 0 Å². The molecule has 1 heterocycles. The van der Waals surface area contributed by atoms with E-state index in [0.29, 0.717) is 12.3 Å². The quantitative estimate of drug-likeness (QED) is 0.613. The zero-order valence-electron chi connectivity index (χ0n) is 16.5. The fourth-order valence-electron chi connectivity index (χ4n) is 2.73. The van der Waals surface area contributed by atoms with Gasteiger partial charge in [-0.2, -0.15) is 0 Å². The van der Waals surface area contributed by atoms with Crippen molar-refractivity contribution in [2.75, 3.05) is 13.1 Å². The second-order valence-corrected chi connectivity index (χ2v) is 9.07. The van der Waals surface area contributed by atoms with Gasteiger partial charge in [-0.1, -0.05) is 0 Å². The molecule has 1 rings (SSSR count). The van der Waals surface area contributed by atoms with E-state index in [0.717, 1.165) is 32.4 Å². The summed E-state index contributed by atoms with van der Waals surface area (Å²) in [5.41, 5.74) is -2.52. The van der Waals surface area contributed by atoms with E-state index in [-0.39, 0.29) is 0 Å². The molecule has 0 aromatic heterocycles. The monoisotopic (exact) mass is 341 g/mol. The molecule has 1 aliphatic rings. The van der Waals surface area contributed by atoms with Crippen LogP contribution in [0.5, 0.6) is 0 Å². The van der Waals surface area contributed by atoms with Crippen LogP contribution in [0.15, 0.2) is 0 Å². The lowest BCUT2D eigenvalue weighted by molar-refractivity contribution is -0.184. The lowest BCUT2D eigenvalue weighted by Gasteiger charge is -2.33. The molecule has 0 aromatic carbocycles. The van der Waals surface area contributed by atoms with Crippen LogP contribution in [0.25, 0.3) is 0 Å². The number of carbonyl (C=O) groups is 2. The number of carbonyl (C=O) groups excluding carboxylic acids is 2. The number of hydrogen-bond acceptors (Lipinski definition) is 5.